The summed E-state index contributed by atoms with van der Waals surface area (Å²) in [5.41, 5.74) is 3.10. The second kappa shape index (κ2) is 8.49. The molecule has 2 aliphatic rings. The third kappa shape index (κ3) is 3.86. The predicted octanol–water partition coefficient (Wildman–Crippen LogP) is 3.93. The Hall–Kier alpha value is -2.12. The maximum atomic E-state index is 12.5. The Morgan fingerprint density at radius 1 is 1.18 bits per heavy atom. The van der Waals surface area contributed by atoms with Gasteiger partial charge in [0.2, 0.25) is 0 Å². The van der Waals surface area contributed by atoms with Crippen LogP contribution in [-0.4, -0.2) is 48.8 Å². The van der Waals surface area contributed by atoms with Gasteiger partial charge in [0.1, 0.15) is 5.00 Å². The minimum absolute atomic E-state index is 0.235. The molecule has 4 rings (SSSR count). The van der Waals surface area contributed by atoms with E-state index >= 15 is 0 Å². The molecular weight excluding hydrogens is 390 g/mol. The number of thiophene rings is 1. The fourth-order valence-electron chi connectivity index (χ4n) is 3.89. The van der Waals surface area contributed by atoms with Gasteiger partial charge in [-0.15, -0.1) is 11.3 Å². The van der Waals surface area contributed by atoms with E-state index in [0.29, 0.717) is 17.3 Å². The Kier molecular flexibility index (Phi) is 5.82. The first-order valence-corrected chi connectivity index (χ1v) is 11.1. The second-order valence-electron chi connectivity index (χ2n) is 7.02. The van der Waals surface area contributed by atoms with E-state index in [1.54, 1.807) is 11.3 Å². The van der Waals surface area contributed by atoms with E-state index in [0.717, 1.165) is 56.0 Å². The maximum Gasteiger partial charge on any atom is 0.341 e. The topological polar surface area (TPSA) is 44.8 Å². The van der Waals surface area contributed by atoms with Crippen LogP contribution >= 0.6 is 23.6 Å². The first-order chi connectivity index (χ1) is 13.7. The van der Waals surface area contributed by atoms with Crippen LogP contribution in [0.5, 0.6) is 0 Å². The van der Waals surface area contributed by atoms with Crippen molar-refractivity contribution in [1.82, 2.24) is 4.90 Å². The molecule has 1 aromatic heterocycles. The molecule has 1 N–H and O–H groups in total. The molecule has 0 spiro atoms. The summed E-state index contributed by atoms with van der Waals surface area (Å²) >= 11 is 7.34. The zero-order chi connectivity index (χ0) is 19.5. The molecule has 0 bridgehead atoms. The summed E-state index contributed by atoms with van der Waals surface area (Å²) in [6.45, 7) is 5.80. The molecule has 2 aromatic rings. The first-order valence-electron chi connectivity index (χ1n) is 9.85. The first kappa shape index (κ1) is 19.2. The maximum absolute atomic E-state index is 12.5. The van der Waals surface area contributed by atoms with E-state index < -0.39 is 0 Å². The number of anilines is 2. The number of ether oxygens (including phenoxy) is 1. The zero-order valence-corrected chi connectivity index (χ0v) is 17.7. The van der Waals surface area contributed by atoms with Crippen LogP contribution in [0.15, 0.2) is 30.3 Å². The number of nitrogens with one attached hydrogen (secondary N) is 1. The van der Waals surface area contributed by atoms with Crippen molar-refractivity contribution in [2.75, 3.05) is 43.0 Å². The minimum atomic E-state index is -0.235. The van der Waals surface area contributed by atoms with E-state index in [-0.39, 0.29) is 5.97 Å². The van der Waals surface area contributed by atoms with E-state index in [1.165, 1.54) is 10.6 Å². The van der Waals surface area contributed by atoms with Gasteiger partial charge < -0.3 is 19.9 Å². The van der Waals surface area contributed by atoms with Crippen molar-refractivity contribution >= 4 is 45.3 Å². The van der Waals surface area contributed by atoms with Crippen LogP contribution in [-0.2, 0) is 17.6 Å². The lowest BCUT2D eigenvalue weighted by Gasteiger charge is -2.37. The molecule has 1 saturated heterocycles. The van der Waals surface area contributed by atoms with E-state index in [1.807, 2.05) is 13.0 Å². The molecule has 1 aliphatic heterocycles. The molecule has 1 aliphatic carbocycles. The molecular formula is C21H25N3O2S2. The van der Waals surface area contributed by atoms with Gasteiger partial charge in [-0.2, -0.15) is 0 Å². The number of hydrogen-bond donors (Lipinski definition) is 1. The molecule has 7 heteroatoms. The summed E-state index contributed by atoms with van der Waals surface area (Å²) in [6.07, 6.45) is 3.10. The number of hydrogen-bond acceptors (Lipinski definition) is 5. The average molecular weight is 416 g/mol. The van der Waals surface area contributed by atoms with Crippen LogP contribution in [0.1, 0.15) is 34.1 Å². The molecule has 0 unspecified atom stereocenters. The van der Waals surface area contributed by atoms with Gasteiger partial charge in [-0.3, -0.25) is 0 Å². The van der Waals surface area contributed by atoms with Crippen molar-refractivity contribution in [2.24, 2.45) is 0 Å². The van der Waals surface area contributed by atoms with Crippen LogP contribution in [0.2, 0.25) is 0 Å². The van der Waals surface area contributed by atoms with Gasteiger partial charge in [0.15, 0.2) is 5.11 Å². The highest BCUT2D eigenvalue weighted by molar-refractivity contribution is 7.80. The Balaban J connectivity index is 1.43. The van der Waals surface area contributed by atoms with Crippen molar-refractivity contribution in [3.05, 3.63) is 46.3 Å². The normalized spacial score (nSPS) is 16.0. The minimum Gasteiger partial charge on any atom is -0.462 e. The summed E-state index contributed by atoms with van der Waals surface area (Å²) in [5, 5.41) is 4.90. The Morgan fingerprint density at radius 2 is 1.93 bits per heavy atom. The molecule has 1 aromatic carbocycles. The zero-order valence-electron chi connectivity index (χ0n) is 16.1. The van der Waals surface area contributed by atoms with Crippen LogP contribution in [0.3, 0.4) is 0 Å². The molecule has 2 heterocycles. The number of benzene rings is 1. The fraction of sp³-hybridized carbons (Fsp3) is 0.429. The second-order valence-corrected chi connectivity index (χ2v) is 8.51. The van der Waals surface area contributed by atoms with Gasteiger partial charge in [0.05, 0.1) is 12.2 Å². The largest absolute Gasteiger partial charge is 0.462 e. The molecule has 148 valence electrons. The van der Waals surface area contributed by atoms with Gasteiger partial charge in [-0.05, 0) is 56.1 Å². The van der Waals surface area contributed by atoms with Gasteiger partial charge >= 0.3 is 5.97 Å². The number of fused-ring (bicyclic) bond motifs is 1. The number of aryl methyl sites for hydroxylation is 1. The highest BCUT2D eigenvalue weighted by atomic mass is 32.1. The highest BCUT2D eigenvalue weighted by Gasteiger charge is 2.29. The standard InChI is InChI=1S/C21H25N3O2S2/c1-2-26-20(25)18-16-9-6-10-17(16)28-19(18)22-21(27)24-13-11-23(12-14-24)15-7-4-3-5-8-15/h3-5,7-8H,2,6,9-14H2,1H3,(H,22,27). The predicted molar refractivity (Wildman–Crippen MR) is 119 cm³/mol. The third-order valence-electron chi connectivity index (χ3n) is 5.31. The van der Waals surface area contributed by atoms with Crippen LogP contribution in [0.4, 0.5) is 10.7 Å². The number of rotatable bonds is 4. The Bertz CT molecular complexity index is 858. The van der Waals surface area contributed by atoms with E-state index in [4.69, 9.17) is 17.0 Å². The van der Waals surface area contributed by atoms with Crippen molar-refractivity contribution in [2.45, 2.75) is 26.2 Å². The third-order valence-corrected chi connectivity index (χ3v) is 6.88. The summed E-state index contributed by atoms with van der Waals surface area (Å²) < 4.78 is 5.31. The number of piperazine rings is 1. The summed E-state index contributed by atoms with van der Waals surface area (Å²) in [5.74, 6) is -0.235. The van der Waals surface area contributed by atoms with Crippen molar-refractivity contribution in [1.29, 1.82) is 0 Å². The van der Waals surface area contributed by atoms with Gasteiger partial charge in [-0.1, -0.05) is 18.2 Å². The lowest BCUT2D eigenvalue weighted by Crippen LogP contribution is -2.50. The smallest absolute Gasteiger partial charge is 0.341 e. The van der Waals surface area contributed by atoms with Crippen LogP contribution in [0.25, 0.3) is 0 Å². The Morgan fingerprint density at radius 3 is 2.64 bits per heavy atom. The average Bonchev–Trinajstić information content (AvgIpc) is 3.29. The molecule has 5 nitrogen and oxygen atoms in total. The van der Waals surface area contributed by atoms with Gasteiger partial charge in [0, 0.05) is 36.7 Å². The van der Waals surface area contributed by atoms with Crippen LogP contribution in [0, 0.1) is 0 Å². The van der Waals surface area contributed by atoms with Gasteiger partial charge in [-0.25, -0.2) is 4.79 Å². The lowest BCUT2D eigenvalue weighted by atomic mass is 10.1. The Labute approximate surface area is 175 Å². The summed E-state index contributed by atoms with van der Waals surface area (Å²) in [4.78, 5) is 18.4. The van der Waals surface area contributed by atoms with Gasteiger partial charge in [0.25, 0.3) is 0 Å². The number of carbonyl (C=O) groups is 1. The molecule has 0 atom stereocenters. The monoisotopic (exact) mass is 415 g/mol. The van der Waals surface area contributed by atoms with Crippen molar-refractivity contribution in [3.8, 4) is 0 Å². The van der Waals surface area contributed by atoms with Crippen molar-refractivity contribution < 1.29 is 9.53 Å². The van der Waals surface area contributed by atoms with E-state index in [9.17, 15) is 4.79 Å². The molecule has 28 heavy (non-hydrogen) atoms. The number of nitrogens with zero attached hydrogens (tertiary/aromatic N) is 2. The molecule has 1 fully saturated rings. The lowest BCUT2D eigenvalue weighted by molar-refractivity contribution is 0.0527. The molecule has 0 saturated carbocycles. The number of thiocarbonyl (C=S) groups is 1. The fourth-order valence-corrected chi connectivity index (χ4v) is 5.52. The number of carbonyl (C=O) groups excluding carboxylic acids is 1. The quantitative estimate of drug-likeness (QED) is 0.603. The number of esters is 1. The highest BCUT2D eigenvalue weighted by Crippen LogP contribution is 2.39. The molecule has 0 radical (unpaired) electrons. The van der Waals surface area contributed by atoms with E-state index in [2.05, 4.69) is 39.4 Å². The van der Waals surface area contributed by atoms with Crippen molar-refractivity contribution in [3.63, 3.8) is 0 Å². The van der Waals surface area contributed by atoms with Crippen LogP contribution < -0.4 is 10.2 Å². The SMILES string of the molecule is CCOC(=O)c1c(NC(=S)N2CCN(c3ccccc3)CC2)sc2c1CCC2. The summed E-state index contributed by atoms with van der Waals surface area (Å²) in [6, 6.07) is 10.5. The number of para-hydroxylation sites is 1. The summed E-state index contributed by atoms with van der Waals surface area (Å²) in [7, 11) is 0. The molecule has 0 amide bonds.